The first-order chi connectivity index (χ1) is 13.5. The van der Waals surface area contributed by atoms with Gasteiger partial charge in [0.05, 0.1) is 20.3 Å². The largest absolute Gasteiger partial charge is 0.481 e. The topological polar surface area (TPSA) is 83.0 Å². The van der Waals surface area contributed by atoms with Crippen molar-refractivity contribution in [1.82, 2.24) is 15.0 Å². The first-order valence-corrected chi connectivity index (χ1v) is 9.11. The zero-order valence-electron chi connectivity index (χ0n) is 15.8. The van der Waals surface area contributed by atoms with E-state index in [9.17, 15) is 4.79 Å². The van der Waals surface area contributed by atoms with E-state index in [0.29, 0.717) is 5.56 Å². The lowest BCUT2D eigenvalue weighted by Crippen LogP contribution is -2.19. The molecule has 0 atom stereocenters. The Morgan fingerprint density at radius 1 is 1.04 bits per heavy atom. The summed E-state index contributed by atoms with van der Waals surface area (Å²) in [7, 11) is 6.20. The Morgan fingerprint density at radius 2 is 1.75 bits per heavy atom. The number of rotatable bonds is 7. The molecule has 0 aliphatic rings. The van der Waals surface area contributed by atoms with E-state index in [2.05, 4.69) is 9.97 Å². The Bertz CT molecular complexity index is 938. The molecular weight excluding hydrogens is 382 g/mol. The fourth-order valence-electron chi connectivity index (χ4n) is 2.41. The van der Waals surface area contributed by atoms with Crippen LogP contribution in [0.1, 0.15) is 10.4 Å². The number of hydrogen-bond acceptors (Lipinski definition) is 9. The van der Waals surface area contributed by atoms with Gasteiger partial charge in [0.25, 0.3) is 0 Å². The Labute approximate surface area is 166 Å². The van der Waals surface area contributed by atoms with Gasteiger partial charge < -0.3 is 19.0 Å². The maximum absolute atomic E-state index is 12.8. The maximum Gasteiger partial charge on any atom is 0.361 e. The van der Waals surface area contributed by atoms with Crippen molar-refractivity contribution in [2.75, 3.05) is 28.3 Å². The van der Waals surface area contributed by atoms with Gasteiger partial charge in [0.2, 0.25) is 11.8 Å². The summed E-state index contributed by atoms with van der Waals surface area (Å²) in [5.74, 6) is 0.245. The van der Waals surface area contributed by atoms with E-state index in [1.165, 1.54) is 36.7 Å². The zero-order valence-corrected chi connectivity index (χ0v) is 16.6. The summed E-state index contributed by atoms with van der Waals surface area (Å²) in [6.45, 7) is 0. The maximum atomic E-state index is 12.8. The summed E-state index contributed by atoms with van der Waals surface area (Å²) >= 11 is 1.51. The molecule has 0 aliphatic heterocycles. The van der Waals surface area contributed by atoms with Gasteiger partial charge in [-0.15, -0.1) is 16.4 Å². The van der Waals surface area contributed by atoms with Crippen LogP contribution in [0.2, 0.25) is 0 Å². The molecule has 0 N–H and O–H groups in total. The number of carbonyl (C=O) groups is 1. The molecule has 3 rings (SSSR count). The summed E-state index contributed by atoms with van der Waals surface area (Å²) in [4.78, 5) is 27.3. The van der Waals surface area contributed by atoms with Crippen LogP contribution in [0.4, 0.5) is 0 Å². The lowest BCUT2D eigenvalue weighted by Gasteiger charge is -2.16. The second-order valence-electron chi connectivity index (χ2n) is 5.68. The molecule has 0 amide bonds. The van der Waals surface area contributed by atoms with Crippen LogP contribution in [-0.4, -0.2) is 49.3 Å². The third-order valence-corrected chi connectivity index (χ3v) is 4.46. The Hall–Kier alpha value is -3.17. The van der Waals surface area contributed by atoms with Crippen LogP contribution in [-0.2, 0) is 4.84 Å². The number of hydrogen-bond donors (Lipinski definition) is 0. The van der Waals surface area contributed by atoms with Gasteiger partial charge in [-0.25, -0.2) is 4.79 Å². The number of carbonyl (C=O) groups excluding carboxylic acids is 1. The second-order valence-corrected chi connectivity index (χ2v) is 6.63. The quantitative estimate of drug-likeness (QED) is 0.555. The van der Waals surface area contributed by atoms with Crippen LogP contribution in [0.15, 0.2) is 41.8 Å². The lowest BCUT2D eigenvalue weighted by atomic mass is 10.0. The first-order valence-electron chi connectivity index (χ1n) is 8.23. The molecule has 146 valence electrons. The highest BCUT2D eigenvalue weighted by Gasteiger charge is 2.23. The molecule has 0 saturated heterocycles. The van der Waals surface area contributed by atoms with Crippen molar-refractivity contribution >= 4 is 17.3 Å². The van der Waals surface area contributed by atoms with Gasteiger partial charge in [-0.05, 0) is 17.5 Å². The molecule has 0 aliphatic carbocycles. The second kappa shape index (κ2) is 8.68. The highest BCUT2D eigenvalue weighted by atomic mass is 32.1. The minimum Gasteiger partial charge on any atom is -0.481 e. The minimum atomic E-state index is -0.557. The number of nitrogens with zero attached hydrogens (tertiary/aromatic N) is 3. The molecule has 2 heterocycles. The fraction of sp³-hybridized carbons (Fsp3) is 0.211. The molecule has 0 radical (unpaired) electrons. The molecule has 0 spiro atoms. The van der Waals surface area contributed by atoms with Crippen LogP contribution >= 0.6 is 11.3 Å². The Morgan fingerprint density at radius 3 is 2.32 bits per heavy atom. The number of methoxy groups -OCH3 is 2. The van der Waals surface area contributed by atoms with Crippen molar-refractivity contribution < 1.29 is 23.8 Å². The van der Waals surface area contributed by atoms with Crippen molar-refractivity contribution in [1.29, 1.82) is 0 Å². The molecule has 8 nitrogen and oxygen atoms in total. The number of thiophene rings is 1. The molecule has 28 heavy (non-hydrogen) atoms. The summed E-state index contributed by atoms with van der Waals surface area (Å²) in [6, 6.07) is 10.6. The van der Waals surface area contributed by atoms with E-state index >= 15 is 0 Å². The van der Waals surface area contributed by atoms with Crippen molar-refractivity contribution in [3.63, 3.8) is 0 Å². The predicted octanol–water partition coefficient (Wildman–Crippen LogP) is 3.65. The minimum absolute atomic E-state index is 0.0153. The molecule has 3 aromatic rings. The monoisotopic (exact) mass is 401 g/mol. The third kappa shape index (κ3) is 4.38. The van der Waals surface area contributed by atoms with E-state index in [1.54, 1.807) is 26.2 Å². The van der Waals surface area contributed by atoms with Gasteiger partial charge in [0.15, 0.2) is 0 Å². The highest BCUT2D eigenvalue weighted by molar-refractivity contribution is 7.13. The lowest BCUT2D eigenvalue weighted by molar-refractivity contribution is -0.0714. The van der Waals surface area contributed by atoms with Gasteiger partial charge in [0.1, 0.15) is 11.3 Å². The fourth-order valence-corrected chi connectivity index (χ4v) is 3.17. The highest BCUT2D eigenvalue weighted by Crippen LogP contribution is 2.36. The Kier molecular flexibility index (Phi) is 6.07. The molecule has 9 heteroatoms. The van der Waals surface area contributed by atoms with Gasteiger partial charge in [0, 0.05) is 24.5 Å². The summed E-state index contributed by atoms with van der Waals surface area (Å²) in [6.07, 6.45) is 0. The van der Waals surface area contributed by atoms with Crippen molar-refractivity contribution in [3.05, 3.63) is 47.3 Å². The summed E-state index contributed by atoms with van der Waals surface area (Å²) in [5, 5.41) is 3.25. The number of benzene rings is 1. The van der Waals surface area contributed by atoms with Crippen LogP contribution in [0, 0.1) is 0 Å². The van der Waals surface area contributed by atoms with Gasteiger partial charge in [-0.1, -0.05) is 18.2 Å². The first kappa shape index (κ1) is 19.6. The molecule has 1 aromatic carbocycles. The molecular formula is C19H19N3O5S. The molecule has 0 bridgehead atoms. The van der Waals surface area contributed by atoms with Gasteiger partial charge in [-0.3, -0.25) is 0 Å². The SMILES string of the molecule is COc1cc(OC)nc(Oc2cccc(-c3cccs3)c2C(=O)ON(C)C)n1. The van der Waals surface area contributed by atoms with Crippen molar-refractivity contribution in [2.24, 2.45) is 0 Å². The van der Waals surface area contributed by atoms with Crippen LogP contribution in [0.25, 0.3) is 10.4 Å². The normalized spacial score (nSPS) is 10.6. The number of ether oxygens (including phenoxy) is 3. The molecule has 0 saturated carbocycles. The molecule has 0 unspecified atom stereocenters. The van der Waals surface area contributed by atoms with E-state index < -0.39 is 5.97 Å². The third-order valence-electron chi connectivity index (χ3n) is 3.56. The summed E-state index contributed by atoms with van der Waals surface area (Å²) < 4.78 is 16.1. The van der Waals surface area contributed by atoms with E-state index in [-0.39, 0.29) is 29.1 Å². The smallest absolute Gasteiger partial charge is 0.361 e. The molecule has 0 fully saturated rings. The van der Waals surface area contributed by atoms with Crippen molar-refractivity contribution in [3.8, 4) is 34.0 Å². The number of aromatic nitrogens is 2. The zero-order chi connectivity index (χ0) is 20.1. The van der Waals surface area contributed by atoms with Crippen molar-refractivity contribution in [2.45, 2.75) is 0 Å². The van der Waals surface area contributed by atoms with Crippen LogP contribution in [0.3, 0.4) is 0 Å². The average Bonchev–Trinajstić information content (AvgIpc) is 3.21. The van der Waals surface area contributed by atoms with Crippen LogP contribution < -0.4 is 14.2 Å². The van der Waals surface area contributed by atoms with Gasteiger partial charge in [-0.2, -0.15) is 9.97 Å². The predicted molar refractivity (Wildman–Crippen MR) is 104 cm³/mol. The van der Waals surface area contributed by atoms with E-state index in [4.69, 9.17) is 19.0 Å². The standard InChI is InChI=1S/C19H19N3O5S/c1-22(2)27-18(23)17-12(14-9-6-10-28-14)7-5-8-13(17)26-19-20-15(24-3)11-16(21-19)25-4/h5-11H,1-4H3. The van der Waals surface area contributed by atoms with E-state index in [1.807, 2.05) is 23.6 Å². The summed E-state index contributed by atoms with van der Waals surface area (Å²) in [5.41, 5.74) is 0.957. The van der Waals surface area contributed by atoms with E-state index in [0.717, 1.165) is 4.88 Å². The van der Waals surface area contributed by atoms with Crippen LogP contribution in [0.5, 0.6) is 23.5 Å². The average molecular weight is 401 g/mol. The van der Waals surface area contributed by atoms with Gasteiger partial charge >= 0.3 is 12.0 Å². The number of hydroxylamine groups is 2. The molecule has 2 aromatic heterocycles. The Balaban J connectivity index is 2.08.